The van der Waals surface area contributed by atoms with Gasteiger partial charge in [-0.05, 0) is 59.5 Å². The summed E-state index contributed by atoms with van der Waals surface area (Å²) in [7, 11) is 0. The molecule has 0 spiro atoms. The number of amides is 2. The number of hydrogen-bond acceptors (Lipinski definition) is 4. The van der Waals surface area contributed by atoms with E-state index in [9.17, 15) is 18.0 Å². The second-order valence-electron chi connectivity index (χ2n) is 7.89. The fourth-order valence-corrected chi connectivity index (χ4v) is 2.73. The highest BCUT2D eigenvalue weighted by atomic mass is 19.4. The number of alkyl halides is 3. The lowest BCUT2D eigenvalue weighted by molar-refractivity contribution is -0.274. The molecule has 3 rings (SSSR count). The van der Waals surface area contributed by atoms with Gasteiger partial charge in [-0.15, -0.1) is 13.2 Å². The molecule has 2 aromatic carbocycles. The molecule has 2 amide bonds. The third kappa shape index (κ3) is 6.63. The highest BCUT2D eigenvalue weighted by Crippen LogP contribution is 2.31. The number of benzene rings is 2. The van der Waals surface area contributed by atoms with Crippen LogP contribution in [0.1, 0.15) is 26.3 Å². The number of aromatic nitrogens is 1. The van der Waals surface area contributed by atoms with Crippen LogP contribution in [0.15, 0.2) is 66.9 Å². The summed E-state index contributed by atoms with van der Waals surface area (Å²) >= 11 is 0. The first-order valence-corrected chi connectivity index (χ1v) is 9.67. The Balaban J connectivity index is 1.68. The molecule has 32 heavy (non-hydrogen) atoms. The summed E-state index contributed by atoms with van der Waals surface area (Å²) in [4.78, 5) is 16.6. The van der Waals surface area contributed by atoms with Gasteiger partial charge in [-0.2, -0.15) is 0 Å². The van der Waals surface area contributed by atoms with Crippen molar-refractivity contribution in [2.24, 2.45) is 0 Å². The minimum atomic E-state index is -4.78. The maximum atomic E-state index is 12.4. The molecule has 0 aliphatic carbocycles. The second kappa shape index (κ2) is 9.17. The number of urea groups is 1. The van der Waals surface area contributed by atoms with E-state index in [1.807, 2.05) is 18.2 Å². The van der Waals surface area contributed by atoms with Crippen molar-refractivity contribution in [3.8, 4) is 17.4 Å². The van der Waals surface area contributed by atoms with Gasteiger partial charge < -0.3 is 20.1 Å². The van der Waals surface area contributed by atoms with Crippen LogP contribution in [0.4, 0.5) is 29.3 Å². The highest BCUT2D eigenvalue weighted by Gasteiger charge is 2.31. The van der Waals surface area contributed by atoms with E-state index in [0.717, 1.165) is 17.7 Å². The van der Waals surface area contributed by atoms with Crippen LogP contribution in [-0.2, 0) is 5.41 Å². The SMILES string of the molecule is CC(C)(C)c1cccc(Oc2ncccc2NC(=O)Nc2ccc(OC(F)(F)F)cc2)c1. The largest absolute Gasteiger partial charge is 0.573 e. The van der Waals surface area contributed by atoms with Crippen LogP contribution >= 0.6 is 0 Å². The molecule has 0 saturated heterocycles. The molecule has 0 aliphatic rings. The summed E-state index contributed by atoms with van der Waals surface area (Å²) < 4.78 is 46.4. The van der Waals surface area contributed by atoms with Gasteiger partial charge in [0.1, 0.15) is 17.2 Å². The Morgan fingerprint density at radius 3 is 2.28 bits per heavy atom. The number of rotatable bonds is 5. The van der Waals surface area contributed by atoms with Crippen molar-refractivity contribution in [1.29, 1.82) is 0 Å². The maximum Gasteiger partial charge on any atom is 0.573 e. The van der Waals surface area contributed by atoms with Crippen LogP contribution in [0.2, 0.25) is 0 Å². The van der Waals surface area contributed by atoms with Crippen molar-refractivity contribution in [3.05, 3.63) is 72.4 Å². The molecule has 1 heterocycles. The molecule has 0 radical (unpaired) electrons. The van der Waals surface area contributed by atoms with Crippen LogP contribution in [-0.4, -0.2) is 17.4 Å². The van der Waals surface area contributed by atoms with Gasteiger partial charge in [-0.1, -0.05) is 32.9 Å². The van der Waals surface area contributed by atoms with Crippen molar-refractivity contribution >= 4 is 17.4 Å². The van der Waals surface area contributed by atoms with E-state index in [2.05, 4.69) is 41.1 Å². The fraction of sp³-hybridized carbons (Fsp3) is 0.217. The lowest BCUT2D eigenvalue weighted by atomic mass is 9.87. The third-order valence-electron chi connectivity index (χ3n) is 4.28. The molecule has 168 valence electrons. The predicted molar refractivity (Wildman–Crippen MR) is 115 cm³/mol. The summed E-state index contributed by atoms with van der Waals surface area (Å²) in [5.41, 5.74) is 1.62. The first kappa shape index (κ1) is 22.9. The molecule has 6 nitrogen and oxygen atoms in total. The molecule has 0 bridgehead atoms. The van der Waals surface area contributed by atoms with Crippen molar-refractivity contribution in [3.63, 3.8) is 0 Å². The number of carbonyl (C=O) groups is 1. The van der Waals surface area contributed by atoms with Gasteiger partial charge in [-0.25, -0.2) is 9.78 Å². The Hall–Kier alpha value is -3.75. The Morgan fingerprint density at radius 1 is 0.906 bits per heavy atom. The standard InChI is InChI=1S/C23H22F3N3O3/c1-22(2,3)15-6-4-7-18(14-15)31-20-19(8-5-13-27-20)29-21(30)28-16-9-11-17(12-10-16)32-23(24,25)26/h4-14H,1-3H3,(H2,28,29,30). The number of carbonyl (C=O) groups excluding carboxylic acids is 1. The molecular weight excluding hydrogens is 423 g/mol. The van der Waals surface area contributed by atoms with Crippen molar-refractivity contribution in [2.75, 3.05) is 10.6 Å². The monoisotopic (exact) mass is 445 g/mol. The quantitative estimate of drug-likeness (QED) is 0.458. The highest BCUT2D eigenvalue weighted by molar-refractivity contribution is 6.00. The number of hydrogen-bond donors (Lipinski definition) is 2. The van der Waals surface area contributed by atoms with E-state index in [1.165, 1.54) is 18.3 Å². The molecule has 0 unspecified atom stereocenters. The van der Waals surface area contributed by atoms with Gasteiger partial charge in [0.2, 0.25) is 5.88 Å². The van der Waals surface area contributed by atoms with Crippen molar-refractivity contribution < 1.29 is 27.4 Å². The number of ether oxygens (including phenoxy) is 2. The molecule has 3 aromatic rings. The Kier molecular flexibility index (Phi) is 6.57. The molecule has 0 atom stereocenters. The summed E-state index contributed by atoms with van der Waals surface area (Å²) in [6.07, 6.45) is -3.25. The van der Waals surface area contributed by atoms with Crippen molar-refractivity contribution in [1.82, 2.24) is 4.98 Å². The Morgan fingerprint density at radius 2 is 1.62 bits per heavy atom. The summed E-state index contributed by atoms with van der Waals surface area (Å²) in [6.45, 7) is 6.27. The first-order valence-electron chi connectivity index (χ1n) is 9.67. The molecule has 2 N–H and O–H groups in total. The van der Waals surface area contributed by atoms with E-state index in [4.69, 9.17) is 4.74 Å². The van der Waals surface area contributed by atoms with Gasteiger partial charge in [-0.3, -0.25) is 0 Å². The lowest BCUT2D eigenvalue weighted by Crippen LogP contribution is -2.20. The van der Waals surface area contributed by atoms with Crippen LogP contribution in [0.3, 0.4) is 0 Å². The summed E-state index contributed by atoms with van der Waals surface area (Å²) in [5.74, 6) is 0.381. The zero-order valence-electron chi connectivity index (χ0n) is 17.7. The number of pyridine rings is 1. The van der Waals surface area contributed by atoms with E-state index in [-0.39, 0.29) is 22.7 Å². The molecule has 0 fully saturated rings. The minimum Gasteiger partial charge on any atom is -0.437 e. The van der Waals surface area contributed by atoms with Gasteiger partial charge in [0.15, 0.2) is 0 Å². The van der Waals surface area contributed by atoms with E-state index in [0.29, 0.717) is 11.4 Å². The number of halogens is 3. The first-order chi connectivity index (χ1) is 15.0. The average molecular weight is 445 g/mol. The van der Waals surface area contributed by atoms with E-state index >= 15 is 0 Å². The van der Waals surface area contributed by atoms with Gasteiger partial charge >= 0.3 is 12.4 Å². The predicted octanol–water partition coefficient (Wildman–Crippen LogP) is 6.71. The fourth-order valence-electron chi connectivity index (χ4n) is 2.73. The van der Waals surface area contributed by atoms with Gasteiger partial charge in [0.05, 0.1) is 0 Å². The molecule has 1 aromatic heterocycles. The van der Waals surface area contributed by atoms with E-state index < -0.39 is 12.4 Å². The normalized spacial score (nSPS) is 11.6. The second-order valence-corrected chi connectivity index (χ2v) is 7.89. The Labute approximate surface area is 183 Å². The summed E-state index contributed by atoms with van der Waals surface area (Å²) in [6, 6.07) is 15.0. The zero-order chi connectivity index (χ0) is 23.4. The average Bonchev–Trinajstić information content (AvgIpc) is 2.69. The van der Waals surface area contributed by atoms with Crippen LogP contribution in [0, 0.1) is 0 Å². The van der Waals surface area contributed by atoms with E-state index in [1.54, 1.807) is 18.2 Å². The minimum absolute atomic E-state index is 0.0643. The van der Waals surface area contributed by atoms with Gasteiger partial charge in [0, 0.05) is 11.9 Å². The van der Waals surface area contributed by atoms with Gasteiger partial charge in [0.25, 0.3) is 0 Å². The van der Waals surface area contributed by atoms with Crippen molar-refractivity contribution in [2.45, 2.75) is 32.5 Å². The third-order valence-corrected chi connectivity index (χ3v) is 4.28. The zero-order valence-corrected chi connectivity index (χ0v) is 17.7. The maximum absolute atomic E-state index is 12.4. The van der Waals surface area contributed by atoms with Crippen LogP contribution in [0.5, 0.6) is 17.4 Å². The molecule has 9 heteroatoms. The number of anilines is 2. The molecular formula is C23H22F3N3O3. The Bertz CT molecular complexity index is 1080. The smallest absolute Gasteiger partial charge is 0.437 e. The summed E-state index contributed by atoms with van der Waals surface area (Å²) in [5, 5.41) is 5.16. The number of nitrogens with zero attached hydrogens (tertiary/aromatic N) is 1. The molecule has 0 aliphatic heterocycles. The number of nitrogens with one attached hydrogen (secondary N) is 2. The van der Waals surface area contributed by atoms with Crippen LogP contribution < -0.4 is 20.1 Å². The van der Waals surface area contributed by atoms with Crippen LogP contribution in [0.25, 0.3) is 0 Å². The molecule has 0 saturated carbocycles. The lowest BCUT2D eigenvalue weighted by Gasteiger charge is -2.20. The topological polar surface area (TPSA) is 72.5 Å².